The smallest absolute Gasteiger partial charge is 0.000445 e. The third-order valence-electron chi connectivity index (χ3n) is 1.63. The monoisotopic (exact) mass is 169 g/mol. The van der Waals surface area contributed by atoms with Crippen LogP contribution in [-0.2, 0) is 0 Å². The number of hydrogen-bond acceptors (Lipinski definition) is 1. The van der Waals surface area contributed by atoms with Crippen LogP contribution in [0, 0.1) is 18.3 Å². The van der Waals surface area contributed by atoms with Crippen LogP contribution in [0.4, 0.5) is 0 Å². The maximum atomic E-state index is 4.60. The van der Waals surface area contributed by atoms with Crippen LogP contribution in [-0.4, -0.2) is 25.0 Å². The van der Waals surface area contributed by atoms with Crippen LogP contribution in [0.15, 0.2) is 0 Å². The maximum Gasteiger partial charge on any atom is 0.000445 e. The Bertz CT molecular complexity index is 105. The van der Waals surface area contributed by atoms with Crippen molar-refractivity contribution in [2.24, 2.45) is 5.92 Å². The van der Waals surface area contributed by atoms with Crippen molar-refractivity contribution in [2.45, 2.75) is 34.1 Å². The largest absolute Gasteiger partial charge is 0.306 e. The molecule has 0 spiro atoms. The molecule has 0 bridgehead atoms. The molecule has 0 aromatic carbocycles. The minimum atomic E-state index is 0.949. The maximum absolute atomic E-state index is 4.60. The zero-order valence-electron chi connectivity index (χ0n) is 9.22. The van der Waals surface area contributed by atoms with Gasteiger partial charge >= 0.3 is 0 Å². The Kier molecular flexibility index (Phi) is 12.3. The lowest BCUT2D eigenvalue weighted by atomic mass is 10.2. The summed E-state index contributed by atoms with van der Waals surface area (Å²) in [5, 5.41) is 0. The van der Waals surface area contributed by atoms with Gasteiger partial charge in [-0.2, -0.15) is 0 Å². The molecule has 1 heterocycles. The minimum Gasteiger partial charge on any atom is -0.306 e. The topological polar surface area (TPSA) is 3.24 Å². The molecule has 72 valence electrons. The molecule has 1 fully saturated rings. The molecule has 0 aliphatic carbocycles. The first-order valence-corrected chi connectivity index (χ1v) is 4.76. The van der Waals surface area contributed by atoms with Crippen LogP contribution in [0.1, 0.15) is 34.1 Å². The van der Waals surface area contributed by atoms with E-state index in [1.165, 1.54) is 19.5 Å². The van der Waals surface area contributed by atoms with Crippen molar-refractivity contribution in [3.63, 3.8) is 0 Å². The Hall–Kier alpha value is -0.480. The minimum absolute atomic E-state index is 0.949. The number of hydrogen-bond donors (Lipinski definition) is 0. The van der Waals surface area contributed by atoms with Gasteiger partial charge in [0.1, 0.15) is 0 Å². The highest BCUT2D eigenvalue weighted by molar-refractivity contribution is 4.73. The molecule has 0 radical (unpaired) electrons. The highest BCUT2D eigenvalue weighted by Crippen LogP contribution is 2.11. The molecule has 1 rings (SSSR count). The molecule has 1 atom stereocenters. The van der Waals surface area contributed by atoms with Gasteiger partial charge in [-0.1, -0.05) is 20.8 Å². The van der Waals surface area contributed by atoms with Gasteiger partial charge in [-0.3, -0.25) is 0 Å². The normalized spacial score (nSPS) is 21.2. The van der Waals surface area contributed by atoms with Gasteiger partial charge in [0.15, 0.2) is 0 Å². The molecule has 1 nitrogen and oxygen atoms in total. The molecule has 1 heteroatoms. The molecular weight excluding hydrogens is 146 g/mol. The number of terminal acetylenes is 1. The Morgan fingerprint density at radius 3 is 1.92 bits per heavy atom. The fourth-order valence-corrected chi connectivity index (χ4v) is 1.16. The van der Waals surface area contributed by atoms with E-state index in [1.807, 2.05) is 13.8 Å². The average Bonchev–Trinajstić information content (AvgIpc) is 2.40. The Morgan fingerprint density at radius 1 is 1.42 bits per heavy atom. The van der Waals surface area contributed by atoms with Gasteiger partial charge in [-0.25, -0.2) is 0 Å². The van der Waals surface area contributed by atoms with Gasteiger partial charge in [0.25, 0.3) is 0 Å². The predicted molar refractivity (Wildman–Crippen MR) is 57.1 cm³/mol. The summed E-state index contributed by atoms with van der Waals surface area (Å²) >= 11 is 0. The van der Waals surface area contributed by atoms with Crippen molar-refractivity contribution in [1.82, 2.24) is 4.90 Å². The second kappa shape index (κ2) is 10.5. The van der Waals surface area contributed by atoms with E-state index in [4.69, 9.17) is 0 Å². The summed E-state index contributed by atoms with van der Waals surface area (Å²) in [4.78, 5) is 2.38. The lowest BCUT2D eigenvalue weighted by molar-refractivity contribution is 0.402. The highest BCUT2D eigenvalue weighted by atomic mass is 15.1. The quantitative estimate of drug-likeness (QED) is 0.504. The van der Waals surface area contributed by atoms with Crippen molar-refractivity contribution in [2.75, 3.05) is 20.1 Å². The molecule has 0 saturated carbocycles. The Balaban J connectivity index is 0. The molecule has 0 aromatic heterocycles. The lowest BCUT2D eigenvalue weighted by Crippen LogP contribution is -2.12. The van der Waals surface area contributed by atoms with Crippen molar-refractivity contribution < 1.29 is 0 Å². The van der Waals surface area contributed by atoms with Crippen LogP contribution in [0.5, 0.6) is 0 Å². The summed E-state index contributed by atoms with van der Waals surface area (Å²) in [5.74, 6) is 3.20. The summed E-state index contributed by atoms with van der Waals surface area (Å²) in [6.45, 7) is 10.6. The predicted octanol–water partition coefficient (Wildman–Crippen LogP) is 2.62. The van der Waals surface area contributed by atoms with E-state index in [0.717, 1.165) is 5.92 Å². The second-order valence-electron chi connectivity index (χ2n) is 2.94. The first kappa shape index (κ1) is 14.1. The standard InChI is InChI=1S/C6H13N.C3H4.C2H6/c1-6-3-4-7(2)5-6;1-3-2;1-2/h6H,3-5H2,1-2H3;1H,2H3;1-2H3. The van der Waals surface area contributed by atoms with Gasteiger partial charge in [-0.05, 0) is 32.9 Å². The molecule has 1 unspecified atom stereocenters. The van der Waals surface area contributed by atoms with Gasteiger partial charge in [0.05, 0.1) is 0 Å². The third kappa shape index (κ3) is 9.52. The van der Waals surface area contributed by atoms with Gasteiger partial charge < -0.3 is 4.90 Å². The molecule has 0 amide bonds. The molecule has 1 saturated heterocycles. The number of likely N-dealkylation sites (tertiary alicyclic amines) is 1. The van der Waals surface area contributed by atoms with E-state index in [-0.39, 0.29) is 0 Å². The first-order chi connectivity index (χ1) is 5.70. The molecular formula is C11H23N. The Labute approximate surface area is 78.2 Å². The van der Waals surface area contributed by atoms with E-state index in [0.29, 0.717) is 0 Å². The number of rotatable bonds is 0. The summed E-state index contributed by atoms with van der Waals surface area (Å²) in [5.41, 5.74) is 0. The van der Waals surface area contributed by atoms with Gasteiger partial charge in [0.2, 0.25) is 0 Å². The SMILES string of the molecule is C#CC.CC.CC1CCN(C)C1. The summed E-state index contributed by atoms with van der Waals surface area (Å²) in [6.07, 6.45) is 6.00. The first-order valence-electron chi connectivity index (χ1n) is 4.76. The number of nitrogens with zero attached hydrogens (tertiary/aromatic N) is 1. The van der Waals surface area contributed by atoms with Crippen LogP contribution >= 0.6 is 0 Å². The Morgan fingerprint density at radius 2 is 1.83 bits per heavy atom. The van der Waals surface area contributed by atoms with E-state index >= 15 is 0 Å². The zero-order chi connectivity index (χ0) is 9.98. The average molecular weight is 169 g/mol. The molecule has 1 aliphatic rings. The van der Waals surface area contributed by atoms with E-state index in [2.05, 4.69) is 31.2 Å². The summed E-state index contributed by atoms with van der Waals surface area (Å²) < 4.78 is 0. The molecule has 1 aliphatic heterocycles. The summed E-state index contributed by atoms with van der Waals surface area (Å²) in [7, 11) is 2.18. The lowest BCUT2D eigenvalue weighted by Gasteiger charge is -2.03. The third-order valence-corrected chi connectivity index (χ3v) is 1.63. The van der Waals surface area contributed by atoms with E-state index in [9.17, 15) is 0 Å². The van der Waals surface area contributed by atoms with Crippen molar-refractivity contribution in [3.8, 4) is 12.3 Å². The fraction of sp³-hybridized carbons (Fsp3) is 0.818. The van der Waals surface area contributed by atoms with Crippen LogP contribution in [0.25, 0.3) is 0 Å². The van der Waals surface area contributed by atoms with Crippen molar-refractivity contribution >= 4 is 0 Å². The van der Waals surface area contributed by atoms with Crippen molar-refractivity contribution in [1.29, 1.82) is 0 Å². The fourth-order valence-electron chi connectivity index (χ4n) is 1.16. The van der Waals surface area contributed by atoms with Gasteiger partial charge in [0, 0.05) is 6.54 Å². The van der Waals surface area contributed by atoms with Crippen LogP contribution in [0.3, 0.4) is 0 Å². The second-order valence-corrected chi connectivity index (χ2v) is 2.94. The molecule has 0 N–H and O–H groups in total. The molecule has 0 aromatic rings. The highest BCUT2D eigenvalue weighted by Gasteiger charge is 2.13. The van der Waals surface area contributed by atoms with E-state index < -0.39 is 0 Å². The van der Waals surface area contributed by atoms with Gasteiger partial charge in [-0.15, -0.1) is 12.3 Å². The molecule has 12 heavy (non-hydrogen) atoms. The summed E-state index contributed by atoms with van der Waals surface area (Å²) in [6, 6.07) is 0. The van der Waals surface area contributed by atoms with E-state index in [1.54, 1.807) is 6.92 Å². The van der Waals surface area contributed by atoms with Crippen LogP contribution < -0.4 is 0 Å². The van der Waals surface area contributed by atoms with Crippen LogP contribution in [0.2, 0.25) is 0 Å². The zero-order valence-corrected chi connectivity index (χ0v) is 9.22. The van der Waals surface area contributed by atoms with Crippen molar-refractivity contribution in [3.05, 3.63) is 0 Å².